The Hall–Kier alpha value is -2.47. The first-order chi connectivity index (χ1) is 20.6. The van der Waals surface area contributed by atoms with Gasteiger partial charge in [0.15, 0.2) is 10.9 Å². The first kappa shape index (κ1) is 31.9. The van der Waals surface area contributed by atoms with Crippen molar-refractivity contribution in [1.82, 2.24) is 10.3 Å². The van der Waals surface area contributed by atoms with Crippen molar-refractivity contribution in [2.45, 2.75) is 55.4 Å². The molecule has 3 aromatic rings. The maximum Gasteiger partial charge on any atom is 0.326 e. The summed E-state index contributed by atoms with van der Waals surface area (Å²) in [5, 5.41) is 15.2. The molecule has 1 heterocycles. The maximum absolute atomic E-state index is 13.8. The lowest BCUT2D eigenvalue weighted by Gasteiger charge is -2.30. The molecule has 3 N–H and O–H groups in total. The highest BCUT2D eigenvalue weighted by atomic mass is 32.2. The molecule has 0 aliphatic heterocycles. The number of benzene rings is 2. The Balaban J connectivity index is 1.52. The molecule has 1 amide bonds. The third kappa shape index (κ3) is 6.36. The minimum absolute atomic E-state index is 0.0299. The molecule has 11 heteroatoms. The van der Waals surface area contributed by atoms with Crippen LogP contribution in [0.1, 0.15) is 60.5 Å². The van der Waals surface area contributed by atoms with Gasteiger partial charge in [-0.1, -0.05) is 57.2 Å². The van der Waals surface area contributed by atoms with Gasteiger partial charge in [0.1, 0.15) is 6.04 Å². The fraction of sp³-hybridized carbons (Fsp3) is 0.438. The molecule has 1 aromatic heterocycles. The van der Waals surface area contributed by atoms with E-state index in [1.54, 1.807) is 35.8 Å². The van der Waals surface area contributed by atoms with E-state index in [-0.39, 0.29) is 15.9 Å². The summed E-state index contributed by atoms with van der Waals surface area (Å²) in [6, 6.07) is 14.4. The molecule has 5 rings (SSSR count). The third-order valence-corrected chi connectivity index (χ3v) is 13.5. The molecule has 2 aliphatic carbocycles. The molecule has 7 nitrogen and oxygen atoms in total. The second kappa shape index (κ2) is 13.3. The minimum atomic E-state index is -1.05. The summed E-state index contributed by atoms with van der Waals surface area (Å²) >= 11 is 6.31. The van der Waals surface area contributed by atoms with Crippen LogP contribution in [-0.4, -0.2) is 50.5 Å². The fourth-order valence-corrected chi connectivity index (χ4v) is 10.7. The van der Waals surface area contributed by atoms with Crippen molar-refractivity contribution in [1.29, 1.82) is 0 Å². The van der Waals surface area contributed by atoms with Crippen LogP contribution in [0.15, 0.2) is 60.1 Å². The number of carboxylic acids is 1. The van der Waals surface area contributed by atoms with Gasteiger partial charge in [-0.05, 0) is 83.4 Å². The number of thiazole rings is 1. The number of hydrogen-bond donors (Lipinski definition) is 3. The number of hydrogen-bond acceptors (Lipinski definition) is 9. The number of carbonyl (C=O) groups is 3. The molecule has 0 spiro atoms. The van der Waals surface area contributed by atoms with Gasteiger partial charge >= 0.3 is 5.97 Å². The second-order valence-electron chi connectivity index (χ2n) is 11.7. The number of amides is 1. The Bertz CT molecular complexity index is 1470. The topological polar surface area (TPSA) is 108 Å². The number of thioether (sulfide) groups is 2. The number of carboxylic acid groups (broad SMARTS) is 1. The Labute approximate surface area is 269 Å². The number of anilines is 1. The zero-order valence-electron chi connectivity index (χ0n) is 24.7. The van der Waals surface area contributed by atoms with Crippen LogP contribution in [0.3, 0.4) is 0 Å². The number of carbonyl (C=O) groups excluding carboxylic acids is 2. The first-order valence-corrected chi connectivity index (χ1v) is 18.4. The Morgan fingerprint density at radius 1 is 1.16 bits per heavy atom. The van der Waals surface area contributed by atoms with Crippen LogP contribution in [0.4, 0.5) is 5.13 Å². The quantitative estimate of drug-likeness (QED) is 0.127. The van der Waals surface area contributed by atoms with Crippen molar-refractivity contribution in [2.75, 3.05) is 16.7 Å². The standard InChI is InChI=1S/C32H37N3O4S4/c1-19-10-13-25-31(2,3)32(25,26(19)36)42-29(43-35-30-33-15-17-41-30)21-11-12-22(23(18-21)20-8-6-5-7-9-20)27(37)34-24(28(38)39)14-16-40-4/h5-9,11-12,15,17-19,24-25,29H,10,13-14,16H2,1-4H3,(H,33,35)(H,34,37)(H,38,39)/t19?,24-,25?,29?,32?/m0/s1. The molecular weight excluding hydrogens is 619 g/mol. The average Bonchev–Trinajstić information content (AvgIpc) is 3.29. The molecule has 43 heavy (non-hydrogen) atoms. The molecule has 0 saturated heterocycles. The van der Waals surface area contributed by atoms with E-state index in [1.165, 1.54) is 23.3 Å². The highest BCUT2D eigenvalue weighted by Crippen LogP contribution is 2.76. The predicted molar refractivity (Wildman–Crippen MR) is 181 cm³/mol. The SMILES string of the molecule is CSCC[C@H](NC(=O)c1ccc(C(SNc2nccs2)SC23C(=O)C(C)CCC2C3(C)C)cc1-c1ccccc1)C(=O)O. The van der Waals surface area contributed by atoms with Gasteiger partial charge in [0, 0.05) is 23.1 Å². The first-order valence-electron chi connectivity index (χ1n) is 14.4. The molecule has 0 radical (unpaired) electrons. The van der Waals surface area contributed by atoms with Gasteiger partial charge < -0.3 is 15.1 Å². The average molecular weight is 656 g/mol. The van der Waals surface area contributed by atoms with Crippen molar-refractivity contribution in [3.05, 3.63) is 71.2 Å². The van der Waals surface area contributed by atoms with Gasteiger partial charge in [-0.2, -0.15) is 11.8 Å². The van der Waals surface area contributed by atoms with E-state index >= 15 is 0 Å². The van der Waals surface area contributed by atoms with Crippen molar-refractivity contribution in [2.24, 2.45) is 17.3 Å². The van der Waals surface area contributed by atoms with Crippen molar-refractivity contribution >= 4 is 69.6 Å². The van der Waals surface area contributed by atoms with Crippen molar-refractivity contribution < 1.29 is 19.5 Å². The number of fused-ring (bicyclic) bond motifs is 1. The van der Waals surface area contributed by atoms with E-state index < -0.39 is 22.7 Å². The highest BCUT2D eigenvalue weighted by Gasteiger charge is 2.77. The maximum atomic E-state index is 13.8. The van der Waals surface area contributed by atoms with Crippen LogP contribution < -0.4 is 10.0 Å². The third-order valence-electron chi connectivity index (χ3n) is 8.78. The van der Waals surface area contributed by atoms with Crippen molar-refractivity contribution in [3.8, 4) is 11.1 Å². The summed E-state index contributed by atoms with van der Waals surface area (Å²) in [7, 11) is 0. The lowest BCUT2D eigenvalue weighted by atomic mass is 9.89. The van der Waals surface area contributed by atoms with Gasteiger partial charge in [0.25, 0.3) is 5.91 Å². The number of nitrogens with zero attached hydrogens (tertiary/aromatic N) is 1. The summed E-state index contributed by atoms with van der Waals surface area (Å²) in [4.78, 5) is 43.7. The predicted octanol–water partition coefficient (Wildman–Crippen LogP) is 7.63. The van der Waals surface area contributed by atoms with Gasteiger partial charge in [-0.3, -0.25) is 9.59 Å². The molecule has 2 aliphatic rings. The molecular formula is C32H37N3O4S4. The molecule has 2 fully saturated rings. The van der Waals surface area contributed by atoms with Crippen LogP contribution in [0, 0.1) is 17.3 Å². The summed E-state index contributed by atoms with van der Waals surface area (Å²) in [6.07, 6.45) is 5.98. The fourth-order valence-electron chi connectivity index (χ4n) is 6.29. The van der Waals surface area contributed by atoms with E-state index in [4.69, 9.17) is 0 Å². The molecule has 2 aromatic carbocycles. The number of aliphatic carboxylic acids is 1. The molecule has 0 bridgehead atoms. The number of nitrogens with one attached hydrogen (secondary N) is 2. The minimum Gasteiger partial charge on any atom is -0.480 e. The summed E-state index contributed by atoms with van der Waals surface area (Å²) in [6.45, 7) is 6.49. The summed E-state index contributed by atoms with van der Waals surface area (Å²) in [5.41, 5.74) is 2.85. The van der Waals surface area contributed by atoms with E-state index in [2.05, 4.69) is 35.8 Å². The zero-order chi connectivity index (χ0) is 30.8. The van der Waals surface area contributed by atoms with Crippen LogP contribution in [0.25, 0.3) is 11.1 Å². The van der Waals surface area contributed by atoms with E-state index in [0.717, 1.165) is 34.7 Å². The van der Waals surface area contributed by atoms with Crippen LogP contribution in [0.2, 0.25) is 0 Å². The van der Waals surface area contributed by atoms with Crippen LogP contribution in [0.5, 0.6) is 0 Å². The van der Waals surface area contributed by atoms with Crippen LogP contribution >= 0.6 is 46.8 Å². The van der Waals surface area contributed by atoms with E-state index in [1.807, 2.05) is 54.1 Å². The normalized spacial score (nSPS) is 23.6. The smallest absolute Gasteiger partial charge is 0.326 e. The highest BCUT2D eigenvalue weighted by molar-refractivity contribution is 8.18. The van der Waals surface area contributed by atoms with Crippen molar-refractivity contribution in [3.63, 3.8) is 0 Å². The Kier molecular flexibility index (Phi) is 9.85. The lowest BCUT2D eigenvalue weighted by molar-refractivity contribution is -0.139. The number of ketones is 1. The Morgan fingerprint density at radius 3 is 2.60 bits per heavy atom. The largest absolute Gasteiger partial charge is 0.480 e. The number of rotatable bonds is 13. The van der Waals surface area contributed by atoms with Gasteiger partial charge in [-0.15, -0.1) is 23.1 Å². The van der Waals surface area contributed by atoms with Crippen LogP contribution in [-0.2, 0) is 9.59 Å². The van der Waals surface area contributed by atoms with E-state index in [9.17, 15) is 19.5 Å². The Morgan fingerprint density at radius 2 is 1.93 bits per heavy atom. The summed E-state index contributed by atoms with van der Waals surface area (Å²) < 4.78 is 2.76. The molecule has 228 valence electrons. The monoisotopic (exact) mass is 655 g/mol. The van der Waals surface area contributed by atoms with E-state index in [0.29, 0.717) is 29.4 Å². The second-order valence-corrected chi connectivity index (χ2v) is 16.1. The zero-order valence-corrected chi connectivity index (χ0v) is 27.9. The lowest BCUT2D eigenvalue weighted by Crippen LogP contribution is -2.41. The molecule has 2 saturated carbocycles. The molecule has 4 unspecified atom stereocenters. The summed E-state index contributed by atoms with van der Waals surface area (Å²) in [5.74, 6) is -0.154. The van der Waals surface area contributed by atoms with Gasteiger partial charge in [0.05, 0.1) is 9.33 Å². The van der Waals surface area contributed by atoms with Gasteiger partial charge in [0.2, 0.25) is 0 Å². The number of Topliss-reactive ketones (excluding diaryl/α,β-unsaturated/α-hetero) is 1. The molecule has 5 atom stereocenters. The van der Waals surface area contributed by atoms with Gasteiger partial charge in [-0.25, -0.2) is 9.78 Å². The number of aromatic nitrogens is 1.